The minimum Gasteiger partial charge on any atom is -0.466 e. The number of hydrogen-bond donors (Lipinski definition) is 1. The summed E-state index contributed by atoms with van der Waals surface area (Å²) in [6.45, 7) is 13.5. The van der Waals surface area contributed by atoms with Crippen molar-refractivity contribution in [2.75, 3.05) is 38.6 Å². The Labute approximate surface area is 160 Å². The van der Waals surface area contributed by atoms with Gasteiger partial charge in [-0.25, -0.2) is 0 Å². The van der Waals surface area contributed by atoms with E-state index in [4.69, 9.17) is 4.74 Å². The molecule has 0 heterocycles. The zero-order chi connectivity index (χ0) is 19.5. The number of benzene rings is 1. The minimum atomic E-state index is -0.156. The lowest BCUT2D eigenvalue weighted by Gasteiger charge is -2.26. The molecule has 26 heavy (non-hydrogen) atoms. The molecule has 0 aliphatic rings. The van der Waals surface area contributed by atoms with Crippen LogP contribution in [0.5, 0.6) is 0 Å². The predicted octanol–water partition coefficient (Wildman–Crippen LogP) is 4.83. The third-order valence-corrected chi connectivity index (χ3v) is 4.91. The minimum absolute atomic E-state index is 0.137. The van der Waals surface area contributed by atoms with Gasteiger partial charge in [-0.2, -0.15) is 0 Å². The van der Waals surface area contributed by atoms with Crippen molar-refractivity contribution in [2.45, 2.75) is 59.8 Å². The van der Waals surface area contributed by atoms with Crippen LogP contribution in [0.4, 0.5) is 5.69 Å². The fourth-order valence-corrected chi connectivity index (χ4v) is 3.11. The topological polar surface area (TPSA) is 41.6 Å². The van der Waals surface area contributed by atoms with Crippen LogP contribution in [0.15, 0.2) is 18.2 Å². The van der Waals surface area contributed by atoms with Crippen molar-refractivity contribution in [1.82, 2.24) is 4.90 Å². The molecular formula is C22H38N2O2. The highest BCUT2D eigenvalue weighted by Gasteiger charge is 2.19. The van der Waals surface area contributed by atoms with Gasteiger partial charge >= 0.3 is 5.97 Å². The number of aryl methyl sites for hydroxylation is 1. The fourth-order valence-electron chi connectivity index (χ4n) is 3.11. The number of ether oxygens (including phenoxy) is 1. The molecule has 1 rings (SSSR count). The van der Waals surface area contributed by atoms with Gasteiger partial charge in [-0.05, 0) is 51.4 Å². The van der Waals surface area contributed by atoms with Crippen molar-refractivity contribution in [2.24, 2.45) is 5.92 Å². The Morgan fingerprint density at radius 2 is 2.00 bits per heavy atom. The molecule has 0 saturated heterocycles. The van der Waals surface area contributed by atoms with E-state index in [1.807, 2.05) is 13.8 Å². The number of nitrogens with one attached hydrogen (secondary N) is 1. The smallest absolute Gasteiger partial charge is 0.310 e. The van der Waals surface area contributed by atoms with Crippen molar-refractivity contribution in [3.8, 4) is 0 Å². The van der Waals surface area contributed by atoms with Gasteiger partial charge in [-0.15, -0.1) is 0 Å². The quantitative estimate of drug-likeness (QED) is 0.541. The molecule has 1 unspecified atom stereocenters. The van der Waals surface area contributed by atoms with Crippen LogP contribution < -0.4 is 5.32 Å². The summed E-state index contributed by atoms with van der Waals surface area (Å²) in [5.41, 5.74) is 3.80. The standard InChI is InChI=1S/C22H38N2O2/c1-7-10-11-19(16-24(6)8-2)20-14-17(4)12-13-21(20)23-15-18(5)22(25)26-9-3/h12-14,18-19,23H,7-11,15-16H2,1-6H3/t18?,19-/m0/s1. The van der Waals surface area contributed by atoms with Gasteiger partial charge in [0.05, 0.1) is 12.5 Å². The third kappa shape index (κ3) is 7.36. The molecule has 4 heteroatoms. The Balaban J connectivity index is 2.96. The van der Waals surface area contributed by atoms with Gasteiger partial charge in [0.25, 0.3) is 0 Å². The molecule has 0 fully saturated rings. The highest BCUT2D eigenvalue weighted by atomic mass is 16.5. The highest BCUT2D eigenvalue weighted by Crippen LogP contribution is 2.31. The fraction of sp³-hybridized carbons (Fsp3) is 0.682. The van der Waals surface area contributed by atoms with Crippen LogP contribution in [0.1, 0.15) is 64.0 Å². The lowest BCUT2D eigenvalue weighted by Crippen LogP contribution is -2.26. The van der Waals surface area contributed by atoms with E-state index >= 15 is 0 Å². The van der Waals surface area contributed by atoms with Gasteiger partial charge in [0.15, 0.2) is 0 Å². The highest BCUT2D eigenvalue weighted by molar-refractivity contribution is 5.73. The van der Waals surface area contributed by atoms with Gasteiger partial charge in [-0.3, -0.25) is 4.79 Å². The largest absolute Gasteiger partial charge is 0.466 e. The second-order valence-electron chi connectivity index (χ2n) is 7.32. The number of esters is 1. The molecule has 148 valence electrons. The summed E-state index contributed by atoms with van der Waals surface area (Å²) in [5, 5.41) is 3.51. The average Bonchev–Trinajstić information content (AvgIpc) is 2.63. The molecule has 0 aliphatic heterocycles. The lowest BCUT2D eigenvalue weighted by atomic mass is 9.90. The number of carbonyl (C=O) groups is 1. The monoisotopic (exact) mass is 362 g/mol. The van der Waals surface area contributed by atoms with Crippen LogP contribution in [0.25, 0.3) is 0 Å². The van der Waals surface area contributed by atoms with Crippen LogP contribution in [-0.2, 0) is 9.53 Å². The number of hydrogen-bond acceptors (Lipinski definition) is 4. The molecule has 0 saturated carbocycles. The average molecular weight is 363 g/mol. The normalized spacial score (nSPS) is 13.5. The summed E-state index contributed by atoms with van der Waals surface area (Å²) >= 11 is 0. The maximum Gasteiger partial charge on any atom is 0.310 e. The van der Waals surface area contributed by atoms with Crippen molar-refractivity contribution < 1.29 is 9.53 Å². The number of nitrogens with zero attached hydrogens (tertiary/aromatic N) is 1. The van der Waals surface area contributed by atoms with E-state index in [1.165, 1.54) is 30.4 Å². The Bertz CT molecular complexity index is 545. The number of rotatable bonds is 12. The van der Waals surface area contributed by atoms with Crippen molar-refractivity contribution >= 4 is 11.7 Å². The summed E-state index contributed by atoms with van der Waals surface area (Å²) in [7, 11) is 2.19. The van der Waals surface area contributed by atoms with Gasteiger partial charge in [0.1, 0.15) is 0 Å². The van der Waals surface area contributed by atoms with E-state index in [0.29, 0.717) is 19.1 Å². The van der Waals surface area contributed by atoms with Gasteiger partial charge in [-0.1, -0.05) is 51.3 Å². The van der Waals surface area contributed by atoms with Gasteiger partial charge in [0.2, 0.25) is 0 Å². The first kappa shape index (κ1) is 22.5. The van der Waals surface area contributed by atoms with E-state index in [0.717, 1.165) is 18.8 Å². The first-order valence-corrected chi connectivity index (χ1v) is 10.1. The number of anilines is 1. The van der Waals surface area contributed by atoms with Crippen LogP contribution >= 0.6 is 0 Å². The summed E-state index contributed by atoms with van der Waals surface area (Å²) in [4.78, 5) is 14.3. The molecule has 1 aromatic rings. The van der Waals surface area contributed by atoms with Crippen molar-refractivity contribution in [1.29, 1.82) is 0 Å². The van der Waals surface area contributed by atoms with Gasteiger partial charge < -0.3 is 15.0 Å². The molecule has 1 N–H and O–H groups in total. The summed E-state index contributed by atoms with van der Waals surface area (Å²) in [6, 6.07) is 6.61. The molecule has 4 nitrogen and oxygen atoms in total. The molecule has 0 aromatic heterocycles. The van der Waals surface area contributed by atoms with E-state index < -0.39 is 0 Å². The second kappa shape index (κ2) is 11.9. The van der Waals surface area contributed by atoms with Gasteiger partial charge in [0, 0.05) is 18.8 Å². The maximum absolute atomic E-state index is 11.9. The van der Waals surface area contributed by atoms with Crippen molar-refractivity contribution in [3.05, 3.63) is 29.3 Å². The summed E-state index contributed by atoms with van der Waals surface area (Å²) in [5.74, 6) is 0.207. The molecule has 0 bridgehead atoms. The molecule has 0 aliphatic carbocycles. The van der Waals surface area contributed by atoms with E-state index in [-0.39, 0.29) is 11.9 Å². The van der Waals surface area contributed by atoms with Crippen molar-refractivity contribution in [3.63, 3.8) is 0 Å². The number of unbranched alkanes of at least 4 members (excludes halogenated alkanes) is 1. The Hall–Kier alpha value is -1.55. The zero-order valence-corrected chi connectivity index (χ0v) is 17.6. The molecule has 1 aromatic carbocycles. The maximum atomic E-state index is 11.9. The van der Waals surface area contributed by atoms with Crippen LogP contribution in [-0.4, -0.2) is 44.2 Å². The van der Waals surface area contributed by atoms with Crippen LogP contribution in [0.2, 0.25) is 0 Å². The van der Waals surface area contributed by atoms with Crippen LogP contribution in [0, 0.1) is 12.8 Å². The SMILES string of the molecule is CCCC[C@@H](CN(C)CC)c1cc(C)ccc1NCC(C)C(=O)OCC. The number of carbonyl (C=O) groups excluding carboxylic acids is 1. The Morgan fingerprint density at radius 1 is 1.27 bits per heavy atom. The first-order valence-electron chi connectivity index (χ1n) is 10.1. The molecule has 0 radical (unpaired) electrons. The molecule has 2 atom stereocenters. The van der Waals surface area contributed by atoms with E-state index in [9.17, 15) is 4.79 Å². The lowest BCUT2D eigenvalue weighted by molar-refractivity contribution is -0.146. The molecule has 0 amide bonds. The first-order chi connectivity index (χ1) is 12.4. The summed E-state index contributed by atoms with van der Waals surface area (Å²) in [6.07, 6.45) is 3.63. The Morgan fingerprint density at radius 3 is 2.62 bits per heavy atom. The molecule has 0 spiro atoms. The van der Waals surface area contributed by atoms with E-state index in [2.05, 4.69) is 56.2 Å². The number of likely N-dealkylation sites (N-methyl/N-ethyl adjacent to an activating group) is 1. The van der Waals surface area contributed by atoms with E-state index in [1.54, 1.807) is 0 Å². The zero-order valence-electron chi connectivity index (χ0n) is 17.6. The Kier molecular flexibility index (Phi) is 10.3. The van der Waals surface area contributed by atoms with Crippen LogP contribution in [0.3, 0.4) is 0 Å². The molecular weight excluding hydrogens is 324 g/mol. The third-order valence-electron chi connectivity index (χ3n) is 4.91. The summed E-state index contributed by atoms with van der Waals surface area (Å²) < 4.78 is 5.12. The predicted molar refractivity (Wildman–Crippen MR) is 111 cm³/mol. The second-order valence-corrected chi connectivity index (χ2v) is 7.32.